The van der Waals surface area contributed by atoms with Gasteiger partial charge in [0.1, 0.15) is 10.7 Å². The number of rotatable bonds is 5. The van der Waals surface area contributed by atoms with Crippen molar-refractivity contribution in [2.24, 2.45) is 0 Å². The lowest BCUT2D eigenvalue weighted by Gasteiger charge is -2.13. The number of nitrogens with one attached hydrogen (secondary N) is 1. The molecule has 0 bridgehead atoms. The second-order valence-corrected chi connectivity index (χ2v) is 5.81. The molecule has 0 aliphatic rings. The summed E-state index contributed by atoms with van der Waals surface area (Å²) in [6.45, 7) is 4.88. The van der Waals surface area contributed by atoms with Gasteiger partial charge in [-0.05, 0) is 25.0 Å². The highest BCUT2D eigenvalue weighted by Gasteiger charge is 2.18. The van der Waals surface area contributed by atoms with Crippen LogP contribution in [0.5, 0.6) is 0 Å². The van der Waals surface area contributed by atoms with Crippen LogP contribution < -0.4 is 16.0 Å². The lowest BCUT2D eigenvalue weighted by atomic mass is 10.3. The van der Waals surface area contributed by atoms with Crippen LogP contribution in [0.4, 0.5) is 16.6 Å². The molecule has 7 heteroatoms. The van der Waals surface area contributed by atoms with Crippen LogP contribution in [0.2, 0.25) is 0 Å². The van der Waals surface area contributed by atoms with Crippen molar-refractivity contribution in [3.05, 3.63) is 28.9 Å². The van der Waals surface area contributed by atoms with Crippen LogP contribution in [0, 0.1) is 6.92 Å². The van der Waals surface area contributed by atoms with Crippen LogP contribution in [0.1, 0.15) is 28.6 Å². The van der Waals surface area contributed by atoms with E-state index in [2.05, 4.69) is 22.2 Å². The number of thiazole rings is 1. The summed E-state index contributed by atoms with van der Waals surface area (Å²) in [5.74, 6) is 0.00427. The smallest absolute Gasteiger partial charge is 0.269 e. The zero-order valence-corrected chi connectivity index (χ0v) is 13.2. The fourth-order valence-electron chi connectivity index (χ4n) is 1.89. The minimum atomic E-state index is -0.256. The Morgan fingerprint density at radius 3 is 2.90 bits per heavy atom. The fourth-order valence-corrected chi connectivity index (χ4v) is 2.76. The van der Waals surface area contributed by atoms with Gasteiger partial charge in [-0.25, -0.2) is 4.98 Å². The van der Waals surface area contributed by atoms with Crippen LogP contribution in [-0.2, 0) is 0 Å². The minimum absolute atomic E-state index is 0.256. The maximum atomic E-state index is 12.3. The third kappa shape index (κ3) is 3.69. The van der Waals surface area contributed by atoms with Gasteiger partial charge < -0.3 is 16.0 Å². The molecule has 112 valence electrons. The standard InChI is InChI=1S/C14H19N5OS/c1-4-5-19(3)14-18-12(15)11(21-14)13(20)17-10-6-9(2)7-16-8-10/h6-8H,4-5,15H2,1-3H3,(H,17,20). The molecule has 0 saturated carbocycles. The molecule has 0 unspecified atom stereocenters. The van der Waals surface area contributed by atoms with Gasteiger partial charge in [-0.15, -0.1) is 0 Å². The highest BCUT2D eigenvalue weighted by molar-refractivity contribution is 7.18. The molecule has 0 aromatic carbocycles. The predicted octanol–water partition coefficient (Wildman–Crippen LogP) is 2.53. The van der Waals surface area contributed by atoms with Gasteiger partial charge in [-0.1, -0.05) is 18.3 Å². The summed E-state index contributed by atoms with van der Waals surface area (Å²) in [6, 6.07) is 1.85. The number of nitrogen functional groups attached to an aromatic ring is 1. The Morgan fingerprint density at radius 2 is 2.24 bits per heavy atom. The molecule has 2 aromatic heterocycles. The molecule has 2 heterocycles. The first-order chi connectivity index (χ1) is 10.0. The number of aromatic nitrogens is 2. The Kier molecular flexibility index (Phi) is 4.74. The van der Waals surface area contributed by atoms with E-state index >= 15 is 0 Å². The normalized spacial score (nSPS) is 10.4. The van der Waals surface area contributed by atoms with Crippen molar-refractivity contribution in [2.45, 2.75) is 20.3 Å². The van der Waals surface area contributed by atoms with E-state index < -0.39 is 0 Å². The third-order valence-electron chi connectivity index (χ3n) is 2.87. The number of carbonyl (C=O) groups is 1. The van der Waals surface area contributed by atoms with Gasteiger partial charge >= 0.3 is 0 Å². The Morgan fingerprint density at radius 1 is 1.48 bits per heavy atom. The molecule has 6 nitrogen and oxygen atoms in total. The summed E-state index contributed by atoms with van der Waals surface area (Å²) < 4.78 is 0. The van der Waals surface area contributed by atoms with Crippen LogP contribution in [-0.4, -0.2) is 29.5 Å². The van der Waals surface area contributed by atoms with Gasteiger partial charge in [0.15, 0.2) is 5.13 Å². The monoisotopic (exact) mass is 305 g/mol. The number of amides is 1. The molecule has 2 aromatic rings. The third-order valence-corrected chi connectivity index (χ3v) is 4.05. The number of hydrogen-bond donors (Lipinski definition) is 2. The molecular weight excluding hydrogens is 286 g/mol. The van der Waals surface area contributed by atoms with Gasteiger partial charge in [0.2, 0.25) is 0 Å². The lowest BCUT2D eigenvalue weighted by Crippen LogP contribution is -2.17. The van der Waals surface area contributed by atoms with Crippen molar-refractivity contribution in [3.63, 3.8) is 0 Å². The fraction of sp³-hybridized carbons (Fsp3) is 0.357. The molecule has 0 spiro atoms. The van der Waals surface area contributed by atoms with Crippen molar-refractivity contribution in [2.75, 3.05) is 29.5 Å². The molecule has 0 aliphatic heterocycles. The summed E-state index contributed by atoms with van der Waals surface area (Å²) in [7, 11) is 1.94. The Labute approximate surface area is 128 Å². The van der Waals surface area contributed by atoms with Gasteiger partial charge in [0.05, 0.1) is 11.9 Å². The molecule has 1 amide bonds. The maximum absolute atomic E-state index is 12.3. The van der Waals surface area contributed by atoms with E-state index in [1.165, 1.54) is 11.3 Å². The van der Waals surface area contributed by atoms with E-state index in [1.807, 2.05) is 24.9 Å². The highest BCUT2D eigenvalue weighted by Crippen LogP contribution is 2.28. The topological polar surface area (TPSA) is 84.1 Å². The van der Waals surface area contributed by atoms with Crippen molar-refractivity contribution in [1.29, 1.82) is 0 Å². The first kappa shape index (κ1) is 15.2. The van der Waals surface area contributed by atoms with Crippen molar-refractivity contribution in [1.82, 2.24) is 9.97 Å². The Bertz CT molecular complexity index is 640. The lowest BCUT2D eigenvalue weighted by molar-refractivity contribution is 0.103. The SMILES string of the molecule is CCCN(C)c1nc(N)c(C(=O)Nc2cncc(C)c2)s1. The molecule has 21 heavy (non-hydrogen) atoms. The number of anilines is 3. The largest absolute Gasteiger partial charge is 0.382 e. The van der Waals surface area contributed by atoms with Crippen molar-refractivity contribution in [3.8, 4) is 0 Å². The second-order valence-electron chi connectivity index (χ2n) is 4.84. The van der Waals surface area contributed by atoms with Gasteiger partial charge in [-0.3, -0.25) is 9.78 Å². The van der Waals surface area contributed by atoms with Crippen LogP contribution in [0.15, 0.2) is 18.5 Å². The summed E-state index contributed by atoms with van der Waals surface area (Å²) in [6.07, 6.45) is 4.34. The molecule has 0 fully saturated rings. The van der Waals surface area contributed by atoms with Gasteiger partial charge in [0.25, 0.3) is 5.91 Å². The molecular formula is C14H19N5OS. The van der Waals surface area contributed by atoms with Crippen molar-refractivity contribution < 1.29 is 4.79 Å². The summed E-state index contributed by atoms with van der Waals surface area (Å²) in [5, 5.41) is 3.55. The predicted molar refractivity (Wildman–Crippen MR) is 87.0 cm³/mol. The van der Waals surface area contributed by atoms with E-state index in [4.69, 9.17) is 5.73 Å². The van der Waals surface area contributed by atoms with Crippen LogP contribution in [0.25, 0.3) is 0 Å². The van der Waals surface area contributed by atoms with E-state index in [0.29, 0.717) is 10.6 Å². The number of nitrogens with zero attached hydrogens (tertiary/aromatic N) is 3. The highest BCUT2D eigenvalue weighted by atomic mass is 32.1. The molecule has 3 N–H and O–H groups in total. The summed E-state index contributed by atoms with van der Waals surface area (Å²) >= 11 is 1.30. The van der Waals surface area contributed by atoms with Crippen molar-refractivity contribution >= 4 is 33.9 Å². The van der Waals surface area contributed by atoms with E-state index in [1.54, 1.807) is 12.4 Å². The van der Waals surface area contributed by atoms with E-state index in [9.17, 15) is 4.79 Å². The minimum Gasteiger partial charge on any atom is -0.382 e. The first-order valence-corrected chi connectivity index (χ1v) is 7.53. The van der Waals surface area contributed by atoms with Gasteiger partial charge in [-0.2, -0.15) is 0 Å². The Hall–Kier alpha value is -2.15. The molecule has 2 rings (SSSR count). The zero-order valence-electron chi connectivity index (χ0n) is 12.4. The van der Waals surface area contributed by atoms with Crippen LogP contribution >= 0.6 is 11.3 Å². The number of hydrogen-bond acceptors (Lipinski definition) is 6. The van der Waals surface area contributed by atoms with E-state index in [0.717, 1.165) is 23.7 Å². The molecule has 0 radical (unpaired) electrons. The number of nitrogens with two attached hydrogens (primary N) is 1. The second kappa shape index (κ2) is 6.53. The maximum Gasteiger partial charge on any atom is 0.269 e. The number of pyridine rings is 1. The Balaban J connectivity index is 2.16. The summed E-state index contributed by atoms with van der Waals surface area (Å²) in [5.41, 5.74) is 7.49. The average Bonchev–Trinajstić information content (AvgIpc) is 2.81. The molecule has 0 aliphatic carbocycles. The number of aryl methyl sites for hydroxylation is 1. The summed E-state index contributed by atoms with van der Waals surface area (Å²) in [4.78, 5) is 23.0. The zero-order chi connectivity index (χ0) is 15.4. The quantitative estimate of drug-likeness (QED) is 0.886. The molecule has 0 atom stereocenters. The number of carbonyl (C=O) groups excluding carboxylic acids is 1. The molecule has 0 saturated heterocycles. The first-order valence-electron chi connectivity index (χ1n) is 6.71. The van der Waals surface area contributed by atoms with Gasteiger partial charge in [0, 0.05) is 19.8 Å². The van der Waals surface area contributed by atoms with E-state index in [-0.39, 0.29) is 11.7 Å². The van der Waals surface area contributed by atoms with Crippen LogP contribution in [0.3, 0.4) is 0 Å². The average molecular weight is 305 g/mol.